The van der Waals surface area contributed by atoms with Crippen LogP contribution in [0.25, 0.3) is 11.1 Å². The molecule has 0 amide bonds. The maximum absolute atomic E-state index is 15.1. The summed E-state index contributed by atoms with van der Waals surface area (Å²) in [6.45, 7) is 3.82. The molecule has 2 fully saturated rings. The van der Waals surface area contributed by atoms with E-state index >= 15 is 8.78 Å². The first-order valence-electron chi connectivity index (χ1n) is 12.3. The molecule has 5 heteroatoms. The van der Waals surface area contributed by atoms with E-state index < -0.39 is 34.6 Å². The zero-order chi connectivity index (χ0) is 24.2. The molecule has 2 aromatic carbocycles. The lowest BCUT2D eigenvalue weighted by Crippen LogP contribution is -2.30. The summed E-state index contributed by atoms with van der Waals surface area (Å²) in [6.07, 6.45) is 14.2. The van der Waals surface area contributed by atoms with Crippen molar-refractivity contribution in [2.24, 2.45) is 17.8 Å². The summed E-state index contributed by atoms with van der Waals surface area (Å²) in [7, 11) is 0. The molecule has 0 aromatic heterocycles. The molecule has 0 saturated heterocycles. The van der Waals surface area contributed by atoms with Gasteiger partial charge in [0.1, 0.15) is 18.2 Å². The van der Waals surface area contributed by atoms with E-state index in [0.29, 0.717) is 23.3 Å². The predicted molar refractivity (Wildman–Crippen MR) is 128 cm³/mol. The second kappa shape index (κ2) is 10.8. The lowest BCUT2D eigenvalue weighted by molar-refractivity contribution is 0.133. The van der Waals surface area contributed by atoms with Gasteiger partial charge in [-0.05, 0) is 111 Å². The summed E-state index contributed by atoms with van der Waals surface area (Å²) in [5.74, 6) is -2.11. The minimum absolute atomic E-state index is 0.000304. The lowest BCUT2D eigenvalue weighted by atomic mass is 9.64. The van der Waals surface area contributed by atoms with Crippen LogP contribution >= 0.6 is 0 Å². The third kappa shape index (κ3) is 5.24. The molecule has 2 aliphatic rings. The van der Waals surface area contributed by atoms with Gasteiger partial charge < -0.3 is 4.74 Å². The van der Waals surface area contributed by atoms with Crippen LogP contribution in [0.2, 0.25) is 0 Å². The number of benzene rings is 2. The molecule has 34 heavy (non-hydrogen) atoms. The average molecular weight is 473 g/mol. The molecule has 0 bridgehead atoms. The minimum atomic E-state index is -0.991. The van der Waals surface area contributed by atoms with Crippen LogP contribution in [0.15, 0.2) is 48.6 Å². The molecule has 2 aliphatic carbocycles. The van der Waals surface area contributed by atoms with Gasteiger partial charge in [0.05, 0.1) is 5.56 Å². The Balaban J connectivity index is 1.53. The van der Waals surface area contributed by atoms with Crippen molar-refractivity contribution in [1.82, 2.24) is 0 Å². The maximum Gasteiger partial charge on any atom is 0.191 e. The molecule has 2 saturated carbocycles. The summed E-state index contributed by atoms with van der Waals surface area (Å²) in [4.78, 5) is 0. The van der Waals surface area contributed by atoms with E-state index in [4.69, 9.17) is 4.74 Å². The van der Waals surface area contributed by atoms with Crippen LogP contribution < -0.4 is 4.74 Å². The highest BCUT2D eigenvalue weighted by atomic mass is 19.1. The Bertz CT molecular complexity index is 1030. The fraction of sp³-hybridized carbons (Fsp3) is 0.448. The summed E-state index contributed by atoms with van der Waals surface area (Å²) in [5.41, 5.74) is 0.0445. The number of fused-ring (bicyclic) bond motifs is 1. The Hall–Kier alpha value is -2.56. The Morgan fingerprint density at radius 2 is 1.44 bits per heavy atom. The highest BCUT2D eigenvalue weighted by Crippen LogP contribution is 2.48. The molecule has 4 rings (SSSR count). The summed E-state index contributed by atoms with van der Waals surface area (Å²) < 4.78 is 64.2. The van der Waals surface area contributed by atoms with Crippen molar-refractivity contribution >= 4 is 0 Å². The standard InChI is InChI=1S/C29H32F4O/c1-3-5-11-34-29-26(32)16-23(17-27(29)33)28-24(30)14-22(15-25(28)31)21-10-9-19-12-18(6-4-2)7-8-20(19)13-21/h3-6,14-21H,7-13H2,1-2H3/b5-3+,6-4+. The van der Waals surface area contributed by atoms with E-state index in [1.807, 2.05) is 0 Å². The van der Waals surface area contributed by atoms with Gasteiger partial charge >= 0.3 is 0 Å². The van der Waals surface area contributed by atoms with Crippen LogP contribution in [0.3, 0.4) is 0 Å². The zero-order valence-corrected chi connectivity index (χ0v) is 19.8. The van der Waals surface area contributed by atoms with Crippen LogP contribution in [0.5, 0.6) is 5.75 Å². The predicted octanol–water partition coefficient (Wildman–Crippen LogP) is 8.74. The normalized spacial score (nSPS) is 25.1. The van der Waals surface area contributed by atoms with Gasteiger partial charge in [-0.15, -0.1) is 0 Å². The largest absolute Gasteiger partial charge is 0.483 e. The number of halogens is 4. The molecule has 4 unspecified atom stereocenters. The number of hydrogen-bond acceptors (Lipinski definition) is 1. The van der Waals surface area contributed by atoms with Gasteiger partial charge in [0.2, 0.25) is 0 Å². The highest BCUT2D eigenvalue weighted by molar-refractivity contribution is 5.66. The van der Waals surface area contributed by atoms with Crippen LogP contribution in [0.4, 0.5) is 17.6 Å². The molecule has 0 radical (unpaired) electrons. The van der Waals surface area contributed by atoms with Crippen molar-refractivity contribution in [2.75, 3.05) is 6.61 Å². The molecule has 0 spiro atoms. The van der Waals surface area contributed by atoms with Gasteiger partial charge in [-0.3, -0.25) is 0 Å². The molecule has 4 atom stereocenters. The fourth-order valence-electron chi connectivity index (χ4n) is 5.85. The Kier molecular flexibility index (Phi) is 7.80. The van der Waals surface area contributed by atoms with E-state index in [2.05, 4.69) is 19.1 Å². The van der Waals surface area contributed by atoms with E-state index in [1.165, 1.54) is 25.0 Å². The van der Waals surface area contributed by atoms with E-state index in [1.54, 1.807) is 19.1 Å². The van der Waals surface area contributed by atoms with Crippen molar-refractivity contribution in [3.8, 4) is 16.9 Å². The Morgan fingerprint density at radius 3 is 2.09 bits per heavy atom. The van der Waals surface area contributed by atoms with Gasteiger partial charge in [-0.2, -0.15) is 0 Å². The van der Waals surface area contributed by atoms with Crippen molar-refractivity contribution < 1.29 is 22.3 Å². The van der Waals surface area contributed by atoms with Gasteiger partial charge in [-0.1, -0.05) is 24.3 Å². The molecule has 0 N–H and O–H groups in total. The number of hydrogen-bond donors (Lipinski definition) is 0. The van der Waals surface area contributed by atoms with Gasteiger partial charge in [0, 0.05) is 0 Å². The highest BCUT2D eigenvalue weighted by Gasteiger charge is 2.35. The SMILES string of the molecule is C/C=C/COc1c(F)cc(-c2c(F)cc(C3CCC4CC(/C=C/C)CCC4C3)cc2F)cc1F. The number of rotatable bonds is 6. The van der Waals surface area contributed by atoms with Crippen LogP contribution in [-0.2, 0) is 0 Å². The van der Waals surface area contributed by atoms with Crippen LogP contribution in [0.1, 0.15) is 63.9 Å². The van der Waals surface area contributed by atoms with Crippen LogP contribution in [-0.4, -0.2) is 6.61 Å². The zero-order valence-electron chi connectivity index (χ0n) is 19.8. The van der Waals surface area contributed by atoms with E-state index in [-0.39, 0.29) is 18.1 Å². The minimum Gasteiger partial charge on any atom is -0.483 e. The Morgan fingerprint density at radius 1 is 0.794 bits per heavy atom. The molecular weight excluding hydrogens is 440 g/mol. The third-order valence-corrected chi connectivity index (χ3v) is 7.50. The van der Waals surface area contributed by atoms with Gasteiger partial charge in [-0.25, -0.2) is 17.6 Å². The second-order valence-corrected chi connectivity index (χ2v) is 9.64. The first-order valence-corrected chi connectivity index (χ1v) is 12.3. The third-order valence-electron chi connectivity index (χ3n) is 7.50. The molecule has 0 aliphatic heterocycles. The smallest absolute Gasteiger partial charge is 0.191 e. The maximum atomic E-state index is 15.1. The first kappa shape index (κ1) is 24.6. The van der Waals surface area contributed by atoms with Crippen molar-refractivity contribution in [3.63, 3.8) is 0 Å². The first-order chi connectivity index (χ1) is 16.4. The number of allylic oxidation sites excluding steroid dienone is 3. The summed E-state index contributed by atoms with van der Waals surface area (Å²) in [5, 5.41) is 0. The Labute approximate surface area is 199 Å². The monoisotopic (exact) mass is 472 g/mol. The lowest BCUT2D eigenvalue weighted by Gasteiger charge is -2.42. The second-order valence-electron chi connectivity index (χ2n) is 9.64. The molecular formula is C29H32F4O. The summed E-state index contributed by atoms with van der Waals surface area (Å²) >= 11 is 0. The van der Waals surface area contributed by atoms with Crippen molar-refractivity contribution in [2.45, 2.75) is 58.3 Å². The molecule has 2 aromatic rings. The van der Waals surface area contributed by atoms with Crippen molar-refractivity contribution in [3.05, 3.63) is 77.4 Å². The van der Waals surface area contributed by atoms with E-state index in [9.17, 15) is 8.78 Å². The average Bonchev–Trinajstić information content (AvgIpc) is 2.80. The van der Waals surface area contributed by atoms with Crippen molar-refractivity contribution in [1.29, 1.82) is 0 Å². The topological polar surface area (TPSA) is 9.23 Å². The van der Waals surface area contributed by atoms with Gasteiger partial charge in [0.15, 0.2) is 17.4 Å². The molecule has 1 nitrogen and oxygen atoms in total. The number of ether oxygens (including phenoxy) is 1. The van der Waals surface area contributed by atoms with Gasteiger partial charge in [0.25, 0.3) is 0 Å². The van der Waals surface area contributed by atoms with E-state index in [0.717, 1.165) is 37.8 Å². The molecule has 182 valence electrons. The quantitative estimate of drug-likeness (QED) is 0.302. The van der Waals surface area contributed by atoms with Crippen LogP contribution in [0, 0.1) is 41.0 Å². The molecule has 0 heterocycles. The fourth-order valence-corrected chi connectivity index (χ4v) is 5.85. The summed E-state index contributed by atoms with van der Waals surface area (Å²) in [6, 6.07) is 4.54.